The Bertz CT molecular complexity index is 480. The van der Waals surface area contributed by atoms with Crippen molar-refractivity contribution >= 4 is 28.5 Å². The molecule has 2 rings (SSSR count). The van der Waals surface area contributed by atoms with Crippen molar-refractivity contribution in [2.75, 3.05) is 0 Å². The highest BCUT2D eigenvalue weighted by Crippen LogP contribution is 2.23. The highest BCUT2D eigenvalue weighted by Gasteiger charge is 2.15. The van der Waals surface area contributed by atoms with Gasteiger partial charge in [0.2, 0.25) is 0 Å². The number of aromatic nitrogens is 3. The van der Waals surface area contributed by atoms with Gasteiger partial charge in [-0.1, -0.05) is 11.6 Å². The lowest BCUT2D eigenvalue weighted by molar-refractivity contribution is 0.0692. The zero-order valence-electron chi connectivity index (χ0n) is 6.28. The van der Waals surface area contributed by atoms with E-state index in [9.17, 15) is 4.79 Å². The van der Waals surface area contributed by atoms with E-state index >= 15 is 0 Å². The Kier molecular flexibility index (Phi) is 1.66. The van der Waals surface area contributed by atoms with E-state index in [1.54, 1.807) is 0 Å². The molecule has 2 aromatic heterocycles. The number of nitrogens with zero attached hydrogens (tertiary/aromatic N) is 2. The third kappa shape index (κ3) is 1.13. The van der Waals surface area contributed by atoms with Crippen molar-refractivity contribution in [2.24, 2.45) is 0 Å². The van der Waals surface area contributed by atoms with Gasteiger partial charge >= 0.3 is 5.97 Å². The number of aromatic carboxylic acids is 1. The van der Waals surface area contributed by atoms with Gasteiger partial charge in [-0.3, -0.25) is 10.1 Å². The second kappa shape index (κ2) is 2.70. The number of H-pyrrole nitrogens is 1. The number of carboxylic acid groups (broad SMARTS) is 1. The van der Waals surface area contributed by atoms with E-state index < -0.39 is 5.97 Å². The molecular weight excluding hydrogens is 194 g/mol. The van der Waals surface area contributed by atoms with Crippen LogP contribution in [0.1, 0.15) is 10.5 Å². The predicted octanol–water partition coefficient (Wildman–Crippen LogP) is 1.31. The van der Waals surface area contributed by atoms with Crippen LogP contribution in [0.15, 0.2) is 12.4 Å². The van der Waals surface area contributed by atoms with Crippen LogP contribution < -0.4 is 0 Å². The zero-order valence-corrected chi connectivity index (χ0v) is 7.04. The maximum atomic E-state index is 10.7. The number of aromatic amines is 1. The monoisotopic (exact) mass is 197 g/mol. The van der Waals surface area contributed by atoms with Crippen molar-refractivity contribution in [1.82, 2.24) is 15.2 Å². The Morgan fingerprint density at radius 1 is 1.54 bits per heavy atom. The second-order valence-corrected chi connectivity index (χ2v) is 2.83. The van der Waals surface area contributed by atoms with Crippen LogP contribution in [-0.4, -0.2) is 26.3 Å². The van der Waals surface area contributed by atoms with Crippen LogP contribution in [0.5, 0.6) is 0 Å². The molecule has 0 atom stereocenters. The SMILES string of the molecule is O=C(O)c1n[nH]c2cncc(Cl)c12. The Morgan fingerprint density at radius 3 is 3.00 bits per heavy atom. The Morgan fingerprint density at radius 2 is 2.31 bits per heavy atom. The van der Waals surface area contributed by atoms with E-state index in [0.29, 0.717) is 10.9 Å². The predicted molar refractivity (Wildman–Crippen MR) is 45.9 cm³/mol. The first-order valence-corrected chi connectivity index (χ1v) is 3.79. The number of nitrogens with one attached hydrogen (secondary N) is 1. The Hall–Kier alpha value is -1.62. The lowest BCUT2D eigenvalue weighted by Gasteiger charge is -1.92. The molecule has 0 spiro atoms. The van der Waals surface area contributed by atoms with Crippen molar-refractivity contribution < 1.29 is 9.90 Å². The number of halogens is 1. The van der Waals surface area contributed by atoms with Crippen LogP contribution in [0.3, 0.4) is 0 Å². The molecule has 0 radical (unpaired) electrons. The van der Waals surface area contributed by atoms with Gasteiger partial charge in [0.25, 0.3) is 0 Å². The summed E-state index contributed by atoms with van der Waals surface area (Å²) in [7, 11) is 0. The van der Waals surface area contributed by atoms with Crippen LogP contribution in [0.2, 0.25) is 5.02 Å². The van der Waals surface area contributed by atoms with Crippen molar-refractivity contribution in [3.05, 3.63) is 23.1 Å². The number of fused-ring (bicyclic) bond motifs is 1. The molecule has 0 aliphatic carbocycles. The number of pyridine rings is 1. The molecule has 0 aliphatic rings. The molecule has 2 N–H and O–H groups in total. The molecule has 2 heterocycles. The molecule has 0 saturated carbocycles. The van der Waals surface area contributed by atoms with Gasteiger partial charge in [0.05, 0.1) is 22.1 Å². The highest BCUT2D eigenvalue weighted by atomic mass is 35.5. The third-order valence-corrected chi connectivity index (χ3v) is 1.91. The molecule has 6 heteroatoms. The number of carbonyl (C=O) groups is 1. The highest BCUT2D eigenvalue weighted by molar-refractivity contribution is 6.36. The van der Waals surface area contributed by atoms with Gasteiger partial charge in [-0.25, -0.2) is 4.79 Å². The summed E-state index contributed by atoms with van der Waals surface area (Å²) in [6.07, 6.45) is 2.85. The molecule has 5 nitrogen and oxygen atoms in total. The Labute approximate surface area is 77.4 Å². The summed E-state index contributed by atoms with van der Waals surface area (Å²) < 4.78 is 0. The summed E-state index contributed by atoms with van der Waals surface area (Å²) in [5.74, 6) is -1.11. The van der Waals surface area contributed by atoms with Gasteiger partial charge in [0.1, 0.15) is 0 Å². The molecule has 0 fully saturated rings. The van der Waals surface area contributed by atoms with E-state index in [1.165, 1.54) is 12.4 Å². The van der Waals surface area contributed by atoms with Gasteiger partial charge in [0.15, 0.2) is 5.69 Å². The zero-order chi connectivity index (χ0) is 9.42. The summed E-state index contributed by atoms with van der Waals surface area (Å²) in [6, 6.07) is 0. The fourth-order valence-electron chi connectivity index (χ4n) is 1.09. The molecule has 0 amide bonds. The van der Waals surface area contributed by atoms with Crippen LogP contribution in [-0.2, 0) is 0 Å². The summed E-state index contributed by atoms with van der Waals surface area (Å²) in [5.41, 5.74) is 0.437. The van der Waals surface area contributed by atoms with Crippen LogP contribution in [0.4, 0.5) is 0 Å². The normalized spacial score (nSPS) is 10.5. The van der Waals surface area contributed by atoms with Crippen molar-refractivity contribution in [3.8, 4) is 0 Å². The lowest BCUT2D eigenvalue weighted by Crippen LogP contribution is -1.97. The van der Waals surface area contributed by atoms with E-state index in [4.69, 9.17) is 16.7 Å². The molecule has 0 saturated heterocycles. The largest absolute Gasteiger partial charge is 0.476 e. The molecule has 0 aliphatic heterocycles. The van der Waals surface area contributed by atoms with Crippen molar-refractivity contribution in [3.63, 3.8) is 0 Å². The number of hydrogen-bond acceptors (Lipinski definition) is 3. The van der Waals surface area contributed by atoms with E-state index in [-0.39, 0.29) is 10.7 Å². The minimum atomic E-state index is -1.11. The van der Waals surface area contributed by atoms with Crippen LogP contribution >= 0.6 is 11.6 Å². The van der Waals surface area contributed by atoms with Crippen LogP contribution in [0.25, 0.3) is 10.9 Å². The average molecular weight is 198 g/mol. The van der Waals surface area contributed by atoms with Gasteiger partial charge in [-0.2, -0.15) is 5.10 Å². The number of hydrogen-bond donors (Lipinski definition) is 2. The Balaban J connectivity index is 2.86. The van der Waals surface area contributed by atoms with E-state index in [0.717, 1.165) is 0 Å². The maximum absolute atomic E-state index is 10.7. The molecule has 13 heavy (non-hydrogen) atoms. The summed E-state index contributed by atoms with van der Waals surface area (Å²) in [6.45, 7) is 0. The molecule has 0 unspecified atom stereocenters. The first-order chi connectivity index (χ1) is 6.20. The van der Waals surface area contributed by atoms with Crippen LogP contribution in [0, 0.1) is 0 Å². The van der Waals surface area contributed by atoms with Gasteiger partial charge in [0, 0.05) is 6.20 Å². The fraction of sp³-hybridized carbons (Fsp3) is 0. The first-order valence-electron chi connectivity index (χ1n) is 3.41. The minimum Gasteiger partial charge on any atom is -0.476 e. The molecule has 0 bridgehead atoms. The van der Waals surface area contributed by atoms with Crippen molar-refractivity contribution in [1.29, 1.82) is 0 Å². The van der Waals surface area contributed by atoms with Crippen molar-refractivity contribution in [2.45, 2.75) is 0 Å². The van der Waals surface area contributed by atoms with Gasteiger partial charge in [-0.15, -0.1) is 0 Å². The van der Waals surface area contributed by atoms with E-state index in [2.05, 4.69) is 15.2 Å². The van der Waals surface area contributed by atoms with E-state index in [1.807, 2.05) is 0 Å². The maximum Gasteiger partial charge on any atom is 0.357 e. The number of rotatable bonds is 1. The van der Waals surface area contributed by atoms with Gasteiger partial charge in [-0.05, 0) is 0 Å². The quantitative estimate of drug-likeness (QED) is 0.723. The molecular formula is C7H4ClN3O2. The molecule has 66 valence electrons. The first kappa shape index (κ1) is 8.00. The second-order valence-electron chi connectivity index (χ2n) is 2.42. The molecule has 0 aromatic carbocycles. The summed E-state index contributed by atoms with van der Waals surface area (Å²) >= 11 is 5.76. The van der Waals surface area contributed by atoms with Gasteiger partial charge < -0.3 is 5.11 Å². The fourth-order valence-corrected chi connectivity index (χ4v) is 1.33. The standard InChI is InChI=1S/C7H4ClN3O2/c8-3-1-9-2-4-5(3)6(7(12)13)11-10-4/h1-2H,(H,10,11)(H,12,13). The number of carboxylic acids is 1. The molecule has 2 aromatic rings. The summed E-state index contributed by atoms with van der Waals surface area (Å²) in [5, 5.41) is 15.5. The summed E-state index contributed by atoms with van der Waals surface area (Å²) in [4.78, 5) is 14.5. The lowest BCUT2D eigenvalue weighted by atomic mass is 10.2. The smallest absolute Gasteiger partial charge is 0.357 e. The average Bonchev–Trinajstić information content (AvgIpc) is 2.49. The minimum absolute atomic E-state index is 0.0811. The third-order valence-electron chi connectivity index (χ3n) is 1.63. The topological polar surface area (TPSA) is 78.9 Å².